The van der Waals surface area contributed by atoms with E-state index in [4.69, 9.17) is 9.47 Å². The first-order valence-corrected chi connectivity index (χ1v) is 10.9. The first-order valence-electron chi connectivity index (χ1n) is 10.9. The van der Waals surface area contributed by atoms with Gasteiger partial charge in [-0.05, 0) is 36.4 Å². The van der Waals surface area contributed by atoms with E-state index in [1.807, 2.05) is 0 Å². The summed E-state index contributed by atoms with van der Waals surface area (Å²) in [6.07, 6.45) is 3.25. The predicted octanol–water partition coefficient (Wildman–Crippen LogP) is 2.40. The van der Waals surface area contributed by atoms with Crippen LogP contribution in [0.4, 0.5) is 0 Å². The Labute approximate surface area is 192 Å². The van der Waals surface area contributed by atoms with Crippen LogP contribution >= 0.6 is 0 Å². The van der Waals surface area contributed by atoms with Gasteiger partial charge in [0, 0.05) is 37.9 Å². The molecule has 8 nitrogen and oxygen atoms in total. The van der Waals surface area contributed by atoms with Gasteiger partial charge in [-0.1, -0.05) is 18.7 Å². The fourth-order valence-corrected chi connectivity index (χ4v) is 4.05. The molecular weight excluding hydrogens is 422 g/mol. The van der Waals surface area contributed by atoms with Crippen molar-refractivity contribution < 1.29 is 24.2 Å². The van der Waals surface area contributed by atoms with Crippen molar-refractivity contribution in [1.29, 1.82) is 0 Å². The van der Waals surface area contributed by atoms with Crippen LogP contribution in [0.25, 0.3) is 5.76 Å². The zero-order valence-corrected chi connectivity index (χ0v) is 18.4. The molecule has 2 aliphatic heterocycles. The topological polar surface area (TPSA) is 92.2 Å². The molecule has 8 heteroatoms. The van der Waals surface area contributed by atoms with Gasteiger partial charge in [0.1, 0.15) is 24.2 Å². The zero-order chi connectivity index (χ0) is 23.2. The third-order valence-electron chi connectivity index (χ3n) is 5.76. The number of nitrogens with zero attached hydrogens (tertiary/aromatic N) is 3. The summed E-state index contributed by atoms with van der Waals surface area (Å²) in [5, 5.41) is 11.1. The van der Waals surface area contributed by atoms with E-state index in [0.29, 0.717) is 49.9 Å². The molecule has 0 saturated carbocycles. The Morgan fingerprint density at radius 1 is 1.15 bits per heavy atom. The Bertz CT molecular complexity index is 1030. The molecule has 1 atom stereocenters. The maximum absolute atomic E-state index is 13.1. The summed E-state index contributed by atoms with van der Waals surface area (Å²) in [6, 6.07) is 11.3. The second-order valence-corrected chi connectivity index (χ2v) is 7.83. The minimum Gasteiger partial charge on any atom is -0.507 e. The quantitative estimate of drug-likeness (QED) is 0.286. The van der Waals surface area contributed by atoms with E-state index in [9.17, 15) is 14.7 Å². The van der Waals surface area contributed by atoms with Gasteiger partial charge in [0.05, 0.1) is 24.5 Å². The molecule has 0 radical (unpaired) electrons. The number of benzene rings is 1. The Morgan fingerprint density at radius 2 is 1.91 bits per heavy atom. The molecular formula is C25H27N3O5. The van der Waals surface area contributed by atoms with Gasteiger partial charge in [0.25, 0.3) is 11.7 Å². The summed E-state index contributed by atoms with van der Waals surface area (Å²) < 4.78 is 10.9. The Kier molecular flexibility index (Phi) is 7.16. The largest absolute Gasteiger partial charge is 0.507 e. The molecule has 33 heavy (non-hydrogen) atoms. The van der Waals surface area contributed by atoms with E-state index >= 15 is 0 Å². The molecule has 2 saturated heterocycles. The van der Waals surface area contributed by atoms with E-state index in [1.165, 1.54) is 4.90 Å². The zero-order valence-electron chi connectivity index (χ0n) is 18.4. The van der Waals surface area contributed by atoms with Crippen molar-refractivity contribution in [2.75, 3.05) is 46.0 Å². The van der Waals surface area contributed by atoms with Crippen LogP contribution in [-0.2, 0) is 14.3 Å². The maximum atomic E-state index is 13.1. The number of aliphatic hydroxyl groups is 1. The van der Waals surface area contributed by atoms with Crippen molar-refractivity contribution in [2.45, 2.75) is 6.04 Å². The standard InChI is InChI=1S/C25H27N3O5/c1-2-15-33-19-8-6-18(7-9-19)23(29)21-22(20-5-3-4-10-26-20)28(25(31)24(21)30)12-11-27-13-16-32-17-14-27/h2-10,22,29H,1,11-17H2/b23-21+. The lowest BCUT2D eigenvalue weighted by Crippen LogP contribution is -2.42. The molecule has 3 heterocycles. The number of morpholine rings is 1. The highest BCUT2D eigenvalue weighted by atomic mass is 16.5. The molecule has 0 spiro atoms. The van der Waals surface area contributed by atoms with Crippen LogP contribution in [0.2, 0.25) is 0 Å². The highest BCUT2D eigenvalue weighted by molar-refractivity contribution is 6.46. The molecule has 2 aromatic rings. The number of amides is 1. The lowest BCUT2D eigenvalue weighted by Gasteiger charge is -2.30. The van der Waals surface area contributed by atoms with E-state index in [1.54, 1.807) is 54.7 Å². The number of hydrogen-bond acceptors (Lipinski definition) is 7. The molecule has 1 aromatic carbocycles. The van der Waals surface area contributed by atoms with Crippen molar-refractivity contribution in [3.63, 3.8) is 0 Å². The lowest BCUT2D eigenvalue weighted by atomic mass is 9.98. The van der Waals surface area contributed by atoms with Crippen LogP contribution in [0.3, 0.4) is 0 Å². The normalized spacial score (nSPS) is 20.7. The fourth-order valence-electron chi connectivity index (χ4n) is 4.05. The maximum Gasteiger partial charge on any atom is 0.295 e. The molecule has 1 unspecified atom stereocenters. The molecule has 1 aromatic heterocycles. The number of aromatic nitrogens is 1. The minimum absolute atomic E-state index is 0.0421. The van der Waals surface area contributed by atoms with Crippen LogP contribution in [0.1, 0.15) is 17.3 Å². The number of hydrogen-bond donors (Lipinski definition) is 1. The van der Waals surface area contributed by atoms with Gasteiger partial charge < -0.3 is 19.5 Å². The van der Waals surface area contributed by atoms with Crippen molar-refractivity contribution in [3.05, 3.63) is 78.1 Å². The van der Waals surface area contributed by atoms with Crippen molar-refractivity contribution >= 4 is 17.4 Å². The Morgan fingerprint density at radius 3 is 2.58 bits per heavy atom. The highest BCUT2D eigenvalue weighted by Gasteiger charge is 2.46. The number of carbonyl (C=O) groups excluding carboxylic acids is 2. The lowest BCUT2D eigenvalue weighted by molar-refractivity contribution is -0.140. The van der Waals surface area contributed by atoms with Gasteiger partial charge >= 0.3 is 0 Å². The number of carbonyl (C=O) groups is 2. The number of aliphatic hydroxyl groups excluding tert-OH is 1. The first kappa shape index (κ1) is 22.7. The van der Waals surface area contributed by atoms with Gasteiger partial charge in [-0.15, -0.1) is 0 Å². The van der Waals surface area contributed by atoms with Gasteiger partial charge in [-0.2, -0.15) is 0 Å². The van der Waals surface area contributed by atoms with Gasteiger partial charge in [0.15, 0.2) is 0 Å². The van der Waals surface area contributed by atoms with Crippen LogP contribution in [0.5, 0.6) is 5.75 Å². The minimum atomic E-state index is -0.760. The number of rotatable bonds is 8. The third-order valence-corrected chi connectivity index (χ3v) is 5.76. The second kappa shape index (κ2) is 10.4. The molecule has 0 aliphatic carbocycles. The van der Waals surface area contributed by atoms with Crippen molar-refractivity contribution in [2.24, 2.45) is 0 Å². The summed E-state index contributed by atoms with van der Waals surface area (Å²) in [5.74, 6) is -0.963. The van der Waals surface area contributed by atoms with Gasteiger partial charge in [-0.3, -0.25) is 19.5 Å². The van der Waals surface area contributed by atoms with E-state index in [0.717, 1.165) is 13.1 Å². The first-order chi connectivity index (χ1) is 16.1. The molecule has 2 fully saturated rings. The number of likely N-dealkylation sites (tertiary alicyclic amines) is 1. The monoisotopic (exact) mass is 449 g/mol. The van der Waals surface area contributed by atoms with Gasteiger partial charge in [0.2, 0.25) is 0 Å². The molecule has 4 rings (SSSR count). The molecule has 1 N–H and O–H groups in total. The summed E-state index contributed by atoms with van der Waals surface area (Å²) in [5.41, 5.74) is 1.000. The number of ketones is 1. The third kappa shape index (κ3) is 4.97. The Hall–Kier alpha value is -3.49. The summed E-state index contributed by atoms with van der Waals surface area (Å²) in [7, 11) is 0. The molecule has 2 aliphatic rings. The highest BCUT2D eigenvalue weighted by Crippen LogP contribution is 2.38. The van der Waals surface area contributed by atoms with E-state index in [2.05, 4.69) is 16.5 Å². The molecule has 172 valence electrons. The fraction of sp³-hybridized carbons (Fsp3) is 0.320. The summed E-state index contributed by atoms with van der Waals surface area (Å²) >= 11 is 0. The van der Waals surface area contributed by atoms with Crippen LogP contribution in [0, 0.1) is 0 Å². The van der Waals surface area contributed by atoms with Crippen LogP contribution in [-0.4, -0.2) is 77.6 Å². The van der Waals surface area contributed by atoms with Gasteiger partial charge in [-0.25, -0.2) is 0 Å². The smallest absolute Gasteiger partial charge is 0.295 e. The van der Waals surface area contributed by atoms with Crippen LogP contribution in [0.15, 0.2) is 66.9 Å². The SMILES string of the molecule is C=CCOc1ccc(/C(O)=C2\C(=O)C(=O)N(CCN3CCOCC3)C2c2ccccn2)cc1. The molecule has 1 amide bonds. The second-order valence-electron chi connectivity index (χ2n) is 7.83. The molecule has 0 bridgehead atoms. The predicted molar refractivity (Wildman–Crippen MR) is 123 cm³/mol. The van der Waals surface area contributed by atoms with Crippen LogP contribution < -0.4 is 4.74 Å². The Balaban J connectivity index is 1.66. The van der Waals surface area contributed by atoms with E-state index < -0.39 is 17.7 Å². The number of pyridine rings is 1. The average Bonchev–Trinajstić information content (AvgIpc) is 3.12. The van der Waals surface area contributed by atoms with Crippen molar-refractivity contribution in [1.82, 2.24) is 14.8 Å². The van der Waals surface area contributed by atoms with Crippen molar-refractivity contribution in [3.8, 4) is 5.75 Å². The number of ether oxygens (including phenoxy) is 2. The summed E-state index contributed by atoms with van der Waals surface area (Å²) in [4.78, 5) is 34.2. The number of Topliss-reactive ketones (excluding diaryl/α,β-unsaturated/α-hetero) is 1. The summed E-state index contributed by atoms with van der Waals surface area (Å²) in [6.45, 7) is 7.78. The average molecular weight is 450 g/mol. The van der Waals surface area contributed by atoms with E-state index in [-0.39, 0.29) is 11.3 Å².